The van der Waals surface area contributed by atoms with Gasteiger partial charge < -0.3 is 15.1 Å². The Labute approximate surface area is 213 Å². The highest BCUT2D eigenvalue weighted by atomic mass is 19.1. The first kappa shape index (κ1) is 24.6. The van der Waals surface area contributed by atoms with Crippen molar-refractivity contribution in [1.29, 1.82) is 0 Å². The number of rotatable bonds is 5. The van der Waals surface area contributed by atoms with Gasteiger partial charge in [0.25, 0.3) is 0 Å². The van der Waals surface area contributed by atoms with Crippen LogP contribution in [0.5, 0.6) is 0 Å². The van der Waals surface area contributed by atoms with Crippen LogP contribution in [0.2, 0.25) is 0 Å². The normalized spacial score (nSPS) is 14.2. The van der Waals surface area contributed by atoms with E-state index in [1.165, 1.54) is 6.07 Å². The zero-order valence-corrected chi connectivity index (χ0v) is 20.9. The first-order chi connectivity index (χ1) is 17.9. The minimum atomic E-state index is -0.803. The highest BCUT2D eigenvalue weighted by Crippen LogP contribution is 2.30. The molecule has 0 saturated carbocycles. The van der Waals surface area contributed by atoms with Gasteiger partial charge in [0.2, 0.25) is 0 Å². The number of benzene rings is 2. The van der Waals surface area contributed by atoms with Gasteiger partial charge >= 0.3 is 6.03 Å². The van der Waals surface area contributed by atoms with E-state index in [-0.39, 0.29) is 5.69 Å². The summed E-state index contributed by atoms with van der Waals surface area (Å²) in [5.74, 6) is 0.0839. The summed E-state index contributed by atoms with van der Waals surface area (Å²) in [4.78, 5) is 26.5. The average molecular weight is 506 g/mol. The Morgan fingerprint density at radius 3 is 2.59 bits per heavy atom. The molecular formula is C27H29F2N7O. The number of aromatic nitrogens is 4. The first-order valence-electron chi connectivity index (χ1n) is 12.5. The van der Waals surface area contributed by atoms with Crippen LogP contribution >= 0.6 is 0 Å². The Morgan fingerprint density at radius 1 is 1.03 bits per heavy atom. The SMILES string of the molecule is CCCc1nc(N2CCCN(C(=O)Nc3ccc(F)cc3F)CC2)c2c(C)nn(-c3ccccc3)c2n1. The second-order valence-corrected chi connectivity index (χ2v) is 9.13. The van der Waals surface area contributed by atoms with Gasteiger partial charge in [-0.2, -0.15) is 5.10 Å². The summed E-state index contributed by atoms with van der Waals surface area (Å²) in [7, 11) is 0. The monoisotopic (exact) mass is 505 g/mol. The third kappa shape index (κ3) is 5.09. The number of para-hydroxylation sites is 1. The molecular weight excluding hydrogens is 476 g/mol. The number of amides is 2. The Morgan fingerprint density at radius 2 is 1.84 bits per heavy atom. The second kappa shape index (κ2) is 10.5. The van der Waals surface area contributed by atoms with Gasteiger partial charge in [0.1, 0.15) is 23.3 Å². The molecule has 37 heavy (non-hydrogen) atoms. The van der Waals surface area contributed by atoms with Crippen molar-refractivity contribution in [3.63, 3.8) is 0 Å². The molecule has 0 atom stereocenters. The number of aryl methyl sites for hydroxylation is 2. The zero-order chi connectivity index (χ0) is 25.9. The van der Waals surface area contributed by atoms with Gasteiger partial charge in [-0.3, -0.25) is 0 Å². The highest BCUT2D eigenvalue weighted by molar-refractivity contribution is 5.91. The Kier molecular flexibility index (Phi) is 6.98. The number of carbonyl (C=O) groups excluding carboxylic acids is 1. The molecule has 3 heterocycles. The number of nitrogens with one attached hydrogen (secondary N) is 1. The highest BCUT2D eigenvalue weighted by Gasteiger charge is 2.25. The summed E-state index contributed by atoms with van der Waals surface area (Å²) in [6.07, 6.45) is 2.37. The van der Waals surface area contributed by atoms with Crippen molar-refractivity contribution < 1.29 is 13.6 Å². The van der Waals surface area contributed by atoms with Crippen molar-refractivity contribution in [2.45, 2.75) is 33.1 Å². The van der Waals surface area contributed by atoms with Crippen molar-refractivity contribution in [1.82, 2.24) is 24.6 Å². The molecule has 10 heteroatoms. The van der Waals surface area contributed by atoms with Crippen LogP contribution < -0.4 is 10.2 Å². The maximum atomic E-state index is 14.0. The van der Waals surface area contributed by atoms with Crippen molar-refractivity contribution in [2.75, 3.05) is 36.4 Å². The maximum Gasteiger partial charge on any atom is 0.321 e. The van der Waals surface area contributed by atoms with Gasteiger partial charge in [0.05, 0.1) is 22.5 Å². The van der Waals surface area contributed by atoms with Crippen LogP contribution in [0.15, 0.2) is 48.5 Å². The topological polar surface area (TPSA) is 79.2 Å². The van der Waals surface area contributed by atoms with Crippen molar-refractivity contribution in [3.05, 3.63) is 71.7 Å². The molecule has 5 rings (SSSR count). The Bertz CT molecular complexity index is 1420. The lowest BCUT2D eigenvalue weighted by Gasteiger charge is -2.24. The molecule has 1 N–H and O–H groups in total. The maximum absolute atomic E-state index is 14.0. The van der Waals surface area contributed by atoms with E-state index in [9.17, 15) is 13.6 Å². The number of carbonyl (C=O) groups is 1. The van der Waals surface area contributed by atoms with Crippen molar-refractivity contribution >= 4 is 28.6 Å². The molecule has 192 valence electrons. The molecule has 0 aliphatic carbocycles. The Balaban J connectivity index is 1.43. The quantitative estimate of drug-likeness (QED) is 0.408. The molecule has 4 aromatic rings. The van der Waals surface area contributed by atoms with Gasteiger partial charge in [0.15, 0.2) is 5.65 Å². The molecule has 1 fully saturated rings. The number of hydrogen-bond donors (Lipinski definition) is 1. The lowest BCUT2D eigenvalue weighted by atomic mass is 10.2. The summed E-state index contributed by atoms with van der Waals surface area (Å²) in [5, 5.41) is 8.26. The van der Waals surface area contributed by atoms with Gasteiger partial charge in [-0.1, -0.05) is 25.1 Å². The molecule has 0 bridgehead atoms. The number of anilines is 2. The number of fused-ring (bicyclic) bond motifs is 1. The minimum Gasteiger partial charge on any atom is -0.354 e. The molecule has 2 amide bonds. The standard InChI is InChI=1S/C27H29F2N7O/c1-3-8-23-31-25(24-18(2)33-36(26(24)32-23)20-9-5-4-6-10-20)34-13-7-14-35(16-15-34)27(37)30-22-12-11-19(28)17-21(22)29/h4-6,9-12,17H,3,7-8,13-16H2,1-2H3,(H,30,37). The third-order valence-corrected chi connectivity index (χ3v) is 6.46. The molecule has 0 unspecified atom stereocenters. The fourth-order valence-electron chi connectivity index (χ4n) is 4.64. The summed E-state index contributed by atoms with van der Waals surface area (Å²) < 4.78 is 29.1. The average Bonchev–Trinajstić information content (AvgIpc) is 3.05. The van der Waals surface area contributed by atoms with Gasteiger partial charge in [0, 0.05) is 38.7 Å². The van der Waals surface area contributed by atoms with E-state index in [2.05, 4.69) is 17.1 Å². The molecule has 0 spiro atoms. The lowest BCUT2D eigenvalue weighted by Crippen LogP contribution is -2.38. The van der Waals surface area contributed by atoms with Crippen LogP contribution in [0, 0.1) is 18.6 Å². The van der Waals surface area contributed by atoms with Crippen molar-refractivity contribution in [3.8, 4) is 5.69 Å². The fraction of sp³-hybridized carbons (Fsp3) is 0.333. The molecule has 2 aromatic carbocycles. The molecule has 1 aliphatic rings. The van der Waals surface area contributed by atoms with Crippen LogP contribution in [0.4, 0.5) is 25.1 Å². The predicted octanol–water partition coefficient (Wildman–Crippen LogP) is 5.10. The van der Waals surface area contributed by atoms with E-state index < -0.39 is 17.7 Å². The van der Waals surface area contributed by atoms with E-state index in [0.717, 1.165) is 59.0 Å². The van der Waals surface area contributed by atoms with Crippen molar-refractivity contribution in [2.24, 2.45) is 0 Å². The van der Waals surface area contributed by atoms with Crippen LogP contribution in [0.3, 0.4) is 0 Å². The number of nitrogens with zero attached hydrogens (tertiary/aromatic N) is 6. The van der Waals surface area contributed by atoms with E-state index in [1.807, 2.05) is 41.9 Å². The fourth-order valence-corrected chi connectivity index (χ4v) is 4.64. The lowest BCUT2D eigenvalue weighted by molar-refractivity contribution is 0.215. The molecule has 2 aromatic heterocycles. The smallest absolute Gasteiger partial charge is 0.321 e. The summed E-state index contributed by atoms with van der Waals surface area (Å²) in [6, 6.07) is 12.6. The molecule has 1 aliphatic heterocycles. The van der Waals surface area contributed by atoms with Crippen LogP contribution in [-0.2, 0) is 6.42 Å². The number of halogens is 2. The van der Waals surface area contributed by atoms with Crippen LogP contribution in [0.1, 0.15) is 31.3 Å². The summed E-state index contributed by atoms with van der Waals surface area (Å²) >= 11 is 0. The summed E-state index contributed by atoms with van der Waals surface area (Å²) in [6.45, 7) is 6.23. The summed E-state index contributed by atoms with van der Waals surface area (Å²) in [5.41, 5.74) is 2.49. The third-order valence-electron chi connectivity index (χ3n) is 6.46. The van der Waals surface area contributed by atoms with Gasteiger partial charge in [-0.05, 0) is 44.0 Å². The molecule has 8 nitrogen and oxygen atoms in total. The Hall–Kier alpha value is -4.08. The number of urea groups is 1. The second-order valence-electron chi connectivity index (χ2n) is 9.13. The minimum absolute atomic E-state index is 0.0434. The van der Waals surface area contributed by atoms with E-state index in [4.69, 9.17) is 15.1 Å². The largest absolute Gasteiger partial charge is 0.354 e. The first-order valence-corrected chi connectivity index (χ1v) is 12.5. The van der Waals surface area contributed by atoms with E-state index in [0.29, 0.717) is 32.6 Å². The van der Waals surface area contributed by atoms with Gasteiger partial charge in [-0.25, -0.2) is 28.2 Å². The molecule has 0 radical (unpaired) electrons. The van der Waals surface area contributed by atoms with E-state index >= 15 is 0 Å². The predicted molar refractivity (Wildman–Crippen MR) is 139 cm³/mol. The number of hydrogen-bond acceptors (Lipinski definition) is 5. The van der Waals surface area contributed by atoms with Gasteiger partial charge in [-0.15, -0.1) is 0 Å². The molecule has 1 saturated heterocycles. The van der Waals surface area contributed by atoms with Crippen LogP contribution in [0.25, 0.3) is 16.7 Å². The van der Waals surface area contributed by atoms with Crippen LogP contribution in [-0.4, -0.2) is 56.9 Å². The van der Waals surface area contributed by atoms with E-state index in [1.54, 1.807) is 4.90 Å². The zero-order valence-electron chi connectivity index (χ0n) is 20.9.